The maximum absolute atomic E-state index is 13.9. The van der Waals surface area contributed by atoms with Gasteiger partial charge in [-0.1, -0.05) is 6.07 Å². The lowest BCUT2D eigenvalue weighted by atomic mass is 10.1. The summed E-state index contributed by atoms with van der Waals surface area (Å²) in [5, 5.41) is 12.1. The molecule has 4 N–H and O–H groups in total. The number of amides is 1. The summed E-state index contributed by atoms with van der Waals surface area (Å²) in [6.07, 6.45) is 3.34. The number of pyridine rings is 1. The molecule has 1 aromatic carbocycles. The molecule has 35 heavy (non-hydrogen) atoms. The van der Waals surface area contributed by atoms with Gasteiger partial charge in [-0.15, -0.1) is 0 Å². The maximum Gasteiger partial charge on any atom is 0.274 e. The van der Waals surface area contributed by atoms with Gasteiger partial charge in [0.1, 0.15) is 23.6 Å². The van der Waals surface area contributed by atoms with Gasteiger partial charge >= 0.3 is 0 Å². The summed E-state index contributed by atoms with van der Waals surface area (Å²) in [4.78, 5) is 37.7. The fraction of sp³-hybridized carbons (Fsp3) is 0.174. The molecule has 0 aliphatic heterocycles. The van der Waals surface area contributed by atoms with Gasteiger partial charge in [0.05, 0.1) is 18.8 Å². The zero-order valence-corrected chi connectivity index (χ0v) is 18.4. The molecule has 0 saturated heterocycles. The molecule has 180 valence electrons. The van der Waals surface area contributed by atoms with Crippen LogP contribution in [0.2, 0.25) is 0 Å². The van der Waals surface area contributed by atoms with Crippen LogP contribution in [0.4, 0.5) is 14.6 Å². The Labute approximate surface area is 197 Å². The minimum Gasteiger partial charge on any atom is -0.443 e. The zero-order valence-electron chi connectivity index (χ0n) is 18.4. The van der Waals surface area contributed by atoms with Crippen LogP contribution in [0.5, 0.6) is 0 Å². The molecule has 1 amide bonds. The molecule has 3 aromatic heterocycles. The molecule has 0 saturated carbocycles. The lowest BCUT2D eigenvalue weighted by Crippen LogP contribution is -2.27. The normalized spacial score (nSPS) is 11.9. The number of halogens is 2. The van der Waals surface area contributed by atoms with Crippen LogP contribution < -0.4 is 16.6 Å². The number of nitrogens with one attached hydrogen (secondary N) is 1. The highest BCUT2D eigenvalue weighted by Crippen LogP contribution is 2.29. The number of carbonyl (C=O) groups excluding carboxylic acids is 1. The molecule has 3 heterocycles. The molecule has 0 spiro atoms. The number of hydrogen-bond donors (Lipinski definition) is 3. The molecule has 0 unspecified atom stereocenters. The maximum atomic E-state index is 13.9. The van der Waals surface area contributed by atoms with Crippen molar-refractivity contribution in [2.24, 2.45) is 0 Å². The summed E-state index contributed by atoms with van der Waals surface area (Å²) in [5.41, 5.74) is 5.57. The van der Waals surface area contributed by atoms with Crippen LogP contribution >= 0.6 is 0 Å². The number of nitrogens with two attached hydrogens (primary N) is 1. The number of hydrogen-bond acceptors (Lipinski definition) is 8. The number of oxazole rings is 1. The Morgan fingerprint density at radius 2 is 1.94 bits per heavy atom. The molecule has 0 aliphatic rings. The van der Waals surface area contributed by atoms with Gasteiger partial charge in [0.15, 0.2) is 17.2 Å². The highest BCUT2D eigenvalue weighted by Gasteiger charge is 2.23. The van der Waals surface area contributed by atoms with Gasteiger partial charge in [-0.25, -0.2) is 23.7 Å². The molecule has 10 nitrogen and oxygen atoms in total. The van der Waals surface area contributed by atoms with Crippen molar-refractivity contribution in [1.29, 1.82) is 0 Å². The van der Waals surface area contributed by atoms with Crippen molar-refractivity contribution in [2.45, 2.75) is 26.1 Å². The SMILES string of the molecule is C[C@@H](O)Cn1cc(-c2nc(C(=O)NCc3c(F)cccc3F)c(N)nc2-c2ncco2)ccc1=O. The minimum absolute atomic E-state index is 0.0188. The van der Waals surface area contributed by atoms with Crippen LogP contribution in [-0.2, 0) is 13.1 Å². The van der Waals surface area contributed by atoms with Crippen molar-refractivity contribution in [3.05, 3.63) is 82.2 Å². The average molecular weight is 482 g/mol. The second-order valence-electron chi connectivity index (χ2n) is 7.63. The molecule has 4 aromatic rings. The number of nitrogen functional groups attached to an aromatic ring is 1. The second-order valence-corrected chi connectivity index (χ2v) is 7.63. The lowest BCUT2D eigenvalue weighted by molar-refractivity contribution is 0.0946. The summed E-state index contributed by atoms with van der Waals surface area (Å²) in [6, 6.07) is 6.10. The Bertz CT molecular complexity index is 1420. The van der Waals surface area contributed by atoms with Crippen LogP contribution in [-0.4, -0.2) is 36.6 Å². The number of nitrogens with zero attached hydrogens (tertiary/aromatic N) is 4. The number of aromatic nitrogens is 4. The molecule has 12 heteroatoms. The first kappa shape index (κ1) is 23.7. The Balaban J connectivity index is 1.76. The van der Waals surface area contributed by atoms with Crippen LogP contribution in [0.1, 0.15) is 23.0 Å². The van der Waals surface area contributed by atoms with Crippen LogP contribution in [0.25, 0.3) is 22.8 Å². The van der Waals surface area contributed by atoms with E-state index < -0.39 is 30.2 Å². The molecule has 0 aliphatic carbocycles. The first-order chi connectivity index (χ1) is 16.7. The van der Waals surface area contributed by atoms with Crippen LogP contribution in [0, 0.1) is 11.6 Å². The fourth-order valence-electron chi connectivity index (χ4n) is 3.36. The third kappa shape index (κ3) is 5.06. The van der Waals surface area contributed by atoms with Gasteiger partial charge in [-0.05, 0) is 25.1 Å². The summed E-state index contributed by atoms with van der Waals surface area (Å²) in [5.74, 6) is -2.66. The third-order valence-electron chi connectivity index (χ3n) is 4.98. The highest BCUT2D eigenvalue weighted by molar-refractivity contribution is 5.97. The van der Waals surface area contributed by atoms with Crippen molar-refractivity contribution in [2.75, 3.05) is 5.73 Å². The van der Waals surface area contributed by atoms with Crippen LogP contribution in [0.15, 0.2) is 58.2 Å². The van der Waals surface area contributed by atoms with Gasteiger partial charge in [-0.2, -0.15) is 0 Å². The standard InChI is InChI=1S/C23H20F2N6O4/c1-12(32)10-31-11-13(5-6-17(31)33)18-19(23-27-7-8-35-23)30-21(26)20(29-18)22(34)28-9-14-15(24)3-2-4-16(14)25/h2-8,11-12,32H,9-10H2,1H3,(H2,26,30)(H,28,34)/t12-/m1/s1. The minimum atomic E-state index is -0.824. The van der Waals surface area contributed by atoms with E-state index in [1.54, 1.807) is 0 Å². The average Bonchev–Trinajstić information content (AvgIpc) is 3.34. The van der Waals surface area contributed by atoms with Crippen molar-refractivity contribution < 1.29 is 23.1 Å². The molecule has 0 bridgehead atoms. The fourth-order valence-corrected chi connectivity index (χ4v) is 3.36. The molecule has 4 rings (SSSR count). The smallest absolute Gasteiger partial charge is 0.274 e. The van der Waals surface area contributed by atoms with Crippen LogP contribution in [0.3, 0.4) is 0 Å². The van der Waals surface area contributed by atoms with Gasteiger partial charge < -0.3 is 25.1 Å². The topological polar surface area (TPSA) is 149 Å². The quantitative estimate of drug-likeness (QED) is 0.363. The first-order valence-electron chi connectivity index (χ1n) is 10.4. The Hall–Kier alpha value is -4.45. The summed E-state index contributed by atoms with van der Waals surface area (Å²) in [6.45, 7) is 1.10. The van der Waals surface area contributed by atoms with E-state index in [0.717, 1.165) is 12.1 Å². The van der Waals surface area contributed by atoms with Crippen molar-refractivity contribution in [3.8, 4) is 22.8 Å². The summed E-state index contributed by atoms with van der Waals surface area (Å²) < 4.78 is 34.5. The van der Waals surface area contributed by atoms with Gasteiger partial charge in [0.2, 0.25) is 5.89 Å². The van der Waals surface area contributed by atoms with E-state index >= 15 is 0 Å². The molecule has 0 fully saturated rings. The predicted octanol–water partition coefficient (Wildman–Crippen LogP) is 2.13. The number of carbonyl (C=O) groups is 1. The second kappa shape index (κ2) is 9.81. The number of rotatable bonds is 7. The first-order valence-corrected chi connectivity index (χ1v) is 10.4. The number of anilines is 1. The summed E-state index contributed by atoms with van der Waals surface area (Å²) in [7, 11) is 0. The Morgan fingerprint density at radius 1 is 1.20 bits per heavy atom. The largest absolute Gasteiger partial charge is 0.443 e. The molecule has 1 atom stereocenters. The van der Waals surface area contributed by atoms with Gasteiger partial charge in [0, 0.05) is 29.9 Å². The third-order valence-corrected chi connectivity index (χ3v) is 4.98. The number of aliphatic hydroxyl groups excluding tert-OH is 1. The van der Waals surface area contributed by atoms with E-state index in [2.05, 4.69) is 20.3 Å². The van der Waals surface area contributed by atoms with Crippen molar-refractivity contribution in [1.82, 2.24) is 24.8 Å². The molecule has 0 radical (unpaired) electrons. The zero-order chi connectivity index (χ0) is 25.1. The summed E-state index contributed by atoms with van der Waals surface area (Å²) >= 11 is 0. The van der Waals surface area contributed by atoms with Crippen molar-refractivity contribution >= 4 is 11.7 Å². The Kier molecular flexibility index (Phi) is 6.64. The molecular weight excluding hydrogens is 462 g/mol. The highest BCUT2D eigenvalue weighted by atomic mass is 19.1. The monoisotopic (exact) mass is 482 g/mol. The van der Waals surface area contributed by atoms with E-state index in [4.69, 9.17) is 10.2 Å². The van der Waals surface area contributed by atoms with Crippen molar-refractivity contribution in [3.63, 3.8) is 0 Å². The number of benzene rings is 1. The molecular formula is C23H20F2N6O4. The lowest BCUT2D eigenvalue weighted by Gasteiger charge is -2.13. The predicted molar refractivity (Wildman–Crippen MR) is 121 cm³/mol. The van der Waals surface area contributed by atoms with E-state index in [1.807, 2.05) is 0 Å². The van der Waals surface area contributed by atoms with E-state index in [0.29, 0.717) is 5.56 Å². The van der Waals surface area contributed by atoms with E-state index in [9.17, 15) is 23.5 Å². The van der Waals surface area contributed by atoms with E-state index in [-0.39, 0.29) is 46.5 Å². The Morgan fingerprint density at radius 3 is 2.60 bits per heavy atom. The van der Waals surface area contributed by atoms with E-state index in [1.165, 1.54) is 48.3 Å². The van der Waals surface area contributed by atoms with Gasteiger partial charge in [0.25, 0.3) is 11.5 Å². The number of aliphatic hydroxyl groups is 1. The van der Waals surface area contributed by atoms with Gasteiger partial charge in [-0.3, -0.25) is 9.59 Å².